The summed E-state index contributed by atoms with van der Waals surface area (Å²) in [6, 6.07) is 0. The van der Waals surface area contributed by atoms with Crippen LogP contribution in [-0.2, 0) is 32.7 Å². The van der Waals surface area contributed by atoms with Crippen molar-refractivity contribution in [3.05, 3.63) is 60.8 Å². The molecule has 0 spiro atoms. The van der Waals surface area contributed by atoms with Gasteiger partial charge in [-0.1, -0.05) is 126 Å². The number of phosphoric acid groups is 1. The van der Waals surface area contributed by atoms with Gasteiger partial charge in [-0.25, -0.2) is 4.57 Å². The Balaban J connectivity index is 4.48. The molecule has 0 aromatic carbocycles. The maximum absolute atomic E-state index is 12.6. The Labute approximate surface area is 321 Å². The van der Waals surface area contributed by atoms with Crippen LogP contribution in [0, 0.1) is 0 Å². The number of esters is 2. The lowest BCUT2D eigenvalue weighted by atomic mass is 10.1. The number of hydrogen-bond donors (Lipinski definition) is 3. The van der Waals surface area contributed by atoms with Crippen LogP contribution in [0.2, 0.25) is 0 Å². The third-order valence-corrected chi connectivity index (χ3v) is 9.10. The van der Waals surface area contributed by atoms with Crippen molar-refractivity contribution in [2.75, 3.05) is 26.4 Å². The fourth-order valence-corrected chi connectivity index (χ4v) is 5.77. The van der Waals surface area contributed by atoms with Crippen molar-refractivity contribution in [2.24, 2.45) is 0 Å². The molecule has 11 heteroatoms. The Morgan fingerprint density at radius 2 is 1.00 bits per heavy atom. The van der Waals surface area contributed by atoms with E-state index in [0.717, 1.165) is 51.4 Å². The monoisotopic (exact) mass is 768 g/mol. The highest BCUT2D eigenvalue weighted by molar-refractivity contribution is 7.47. The molecule has 0 aliphatic carbocycles. The predicted octanol–water partition coefficient (Wildman–Crippen LogP) is 10.3. The lowest BCUT2D eigenvalue weighted by molar-refractivity contribution is -0.161. The fourth-order valence-electron chi connectivity index (χ4n) is 4.98. The molecular formula is C42H73O10P. The number of rotatable bonds is 37. The number of allylic oxidation sites excluding steroid dienone is 10. The third kappa shape index (κ3) is 37.8. The molecule has 0 bridgehead atoms. The quantitative estimate of drug-likeness (QED) is 0.0241. The Kier molecular flexibility index (Phi) is 36.3. The van der Waals surface area contributed by atoms with Crippen molar-refractivity contribution in [2.45, 2.75) is 167 Å². The van der Waals surface area contributed by atoms with Gasteiger partial charge < -0.3 is 24.6 Å². The summed E-state index contributed by atoms with van der Waals surface area (Å²) >= 11 is 0. The Morgan fingerprint density at radius 3 is 1.58 bits per heavy atom. The molecule has 53 heavy (non-hydrogen) atoms. The van der Waals surface area contributed by atoms with E-state index in [-0.39, 0.29) is 19.4 Å². The van der Waals surface area contributed by atoms with E-state index in [1.807, 2.05) is 12.2 Å². The van der Waals surface area contributed by atoms with Crippen molar-refractivity contribution >= 4 is 19.8 Å². The van der Waals surface area contributed by atoms with E-state index in [1.54, 1.807) is 0 Å². The zero-order chi connectivity index (χ0) is 39.1. The first kappa shape index (κ1) is 50.7. The van der Waals surface area contributed by atoms with Crippen LogP contribution in [0.4, 0.5) is 0 Å². The number of carbonyl (C=O) groups is 2. The molecule has 10 nitrogen and oxygen atoms in total. The summed E-state index contributed by atoms with van der Waals surface area (Å²) in [6.07, 6.45) is 40.5. The number of ether oxygens (including phenoxy) is 2. The first-order valence-electron chi connectivity index (χ1n) is 20.2. The van der Waals surface area contributed by atoms with Crippen molar-refractivity contribution in [1.82, 2.24) is 0 Å². The highest BCUT2D eigenvalue weighted by Crippen LogP contribution is 2.43. The molecule has 0 aliphatic heterocycles. The standard InChI is InChI=1S/C42H73O10P/c1-3-5-7-9-11-13-15-17-18-19-20-22-24-26-28-30-32-34-42(46)52-40(38-51-53(47,48)50-36-39(44)35-43)37-49-41(45)33-31-29-27-25-23-21-16-14-12-10-8-6-4-2/h11,13,17-18,20-23,26,28,39-40,43-44H,3-10,12,14-16,19,24-25,27,29-38H2,1-2H3,(H,47,48)/b13-11+,18-17+,22-20+,23-21+,28-26+/t39-,40+/m0/s1. The minimum atomic E-state index is -4.63. The second kappa shape index (κ2) is 38.0. The van der Waals surface area contributed by atoms with Crippen LogP contribution in [0.5, 0.6) is 0 Å². The van der Waals surface area contributed by atoms with Crippen molar-refractivity contribution < 1.29 is 47.8 Å². The zero-order valence-electron chi connectivity index (χ0n) is 33.0. The number of carbonyl (C=O) groups excluding carboxylic acids is 2. The number of unbranched alkanes of at least 4 members (excludes halogenated alkanes) is 13. The molecule has 3 N–H and O–H groups in total. The van der Waals surface area contributed by atoms with Gasteiger partial charge in [-0.15, -0.1) is 0 Å². The highest BCUT2D eigenvalue weighted by atomic mass is 31.2. The summed E-state index contributed by atoms with van der Waals surface area (Å²) in [5, 5.41) is 18.3. The zero-order valence-corrected chi connectivity index (χ0v) is 33.9. The van der Waals surface area contributed by atoms with E-state index in [0.29, 0.717) is 19.3 Å². The van der Waals surface area contributed by atoms with E-state index in [9.17, 15) is 24.2 Å². The number of aliphatic hydroxyl groups is 2. The predicted molar refractivity (Wildman–Crippen MR) is 214 cm³/mol. The van der Waals surface area contributed by atoms with Crippen molar-refractivity contribution in [3.8, 4) is 0 Å². The van der Waals surface area contributed by atoms with Gasteiger partial charge in [0.15, 0.2) is 6.10 Å². The maximum atomic E-state index is 12.6. The smallest absolute Gasteiger partial charge is 0.462 e. The van der Waals surface area contributed by atoms with E-state index >= 15 is 0 Å². The largest absolute Gasteiger partial charge is 0.472 e. The van der Waals surface area contributed by atoms with Crippen LogP contribution < -0.4 is 0 Å². The topological polar surface area (TPSA) is 149 Å². The number of phosphoric ester groups is 1. The molecule has 0 aliphatic rings. The maximum Gasteiger partial charge on any atom is 0.472 e. The average molecular weight is 769 g/mol. The minimum absolute atomic E-state index is 0.103. The molecule has 1 unspecified atom stereocenters. The lowest BCUT2D eigenvalue weighted by Crippen LogP contribution is -2.29. The van der Waals surface area contributed by atoms with E-state index in [4.69, 9.17) is 19.1 Å². The van der Waals surface area contributed by atoms with E-state index < -0.39 is 51.8 Å². The van der Waals surface area contributed by atoms with Crippen LogP contribution in [0.1, 0.15) is 155 Å². The van der Waals surface area contributed by atoms with Gasteiger partial charge in [0.25, 0.3) is 0 Å². The van der Waals surface area contributed by atoms with Gasteiger partial charge in [0.2, 0.25) is 0 Å². The number of aliphatic hydroxyl groups excluding tert-OH is 2. The molecule has 0 aromatic rings. The van der Waals surface area contributed by atoms with Gasteiger partial charge >= 0.3 is 19.8 Å². The number of hydrogen-bond acceptors (Lipinski definition) is 9. The summed E-state index contributed by atoms with van der Waals surface area (Å²) in [7, 11) is -4.63. The molecule has 0 saturated carbocycles. The summed E-state index contributed by atoms with van der Waals surface area (Å²) in [5.74, 6) is -1.01. The molecule has 3 atom stereocenters. The van der Waals surface area contributed by atoms with Gasteiger partial charge in [-0.3, -0.25) is 18.6 Å². The molecule has 0 aromatic heterocycles. The molecule has 0 fully saturated rings. The first-order valence-corrected chi connectivity index (χ1v) is 21.7. The Morgan fingerprint density at radius 1 is 0.566 bits per heavy atom. The molecule has 306 valence electrons. The fraction of sp³-hybridized carbons (Fsp3) is 0.714. The van der Waals surface area contributed by atoms with Crippen LogP contribution in [0.15, 0.2) is 60.8 Å². The molecule has 0 radical (unpaired) electrons. The summed E-state index contributed by atoms with van der Waals surface area (Å²) in [6.45, 7) is 2.24. The van der Waals surface area contributed by atoms with Crippen LogP contribution in [0.25, 0.3) is 0 Å². The van der Waals surface area contributed by atoms with E-state index in [1.165, 1.54) is 57.8 Å². The van der Waals surface area contributed by atoms with E-state index in [2.05, 4.69) is 67.0 Å². The van der Waals surface area contributed by atoms with Gasteiger partial charge in [0.1, 0.15) is 12.7 Å². The minimum Gasteiger partial charge on any atom is -0.462 e. The van der Waals surface area contributed by atoms with Gasteiger partial charge in [0, 0.05) is 12.8 Å². The lowest BCUT2D eigenvalue weighted by Gasteiger charge is -2.20. The average Bonchev–Trinajstić information content (AvgIpc) is 3.14. The summed E-state index contributed by atoms with van der Waals surface area (Å²) in [4.78, 5) is 34.8. The van der Waals surface area contributed by atoms with Crippen molar-refractivity contribution in [3.63, 3.8) is 0 Å². The van der Waals surface area contributed by atoms with Gasteiger partial charge in [-0.05, 0) is 77.0 Å². The molecule has 0 amide bonds. The first-order chi connectivity index (χ1) is 25.7. The highest BCUT2D eigenvalue weighted by Gasteiger charge is 2.27. The van der Waals surface area contributed by atoms with Crippen LogP contribution in [0.3, 0.4) is 0 Å². The SMILES string of the molecule is CCCCC/C=C/C/C=C/C/C=C/C/C=C/CCCC(=O)O[C@H](COC(=O)CCCCC/C=C/CCCCCCCC)COP(=O)(O)OC[C@@H](O)CO. The normalized spacial score (nSPS) is 14.6. The van der Waals surface area contributed by atoms with Gasteiger partial charge in [-0.2, -0.15) is 0 Å². The second-order valence-corrected chi connectivity index (χ2v) is 14.8. The summed E-state index contributed by atoms with van der Waals surface area (Å²) in [5.41, 5.74) is 0. The Bertz CT molecular complexity index is 1070. The second-order valence-electron chi connectivity index (χ2n) is 13.3. The Hall–Kier alpha value is -2.33. The molecule has 0 rings (SSSR count). The third-order valence-electron chi connectivity index (χ3n) is 8.14. The summed E-state index contributed by atoms with van der Waals surface area (Å²) < 4.78 is 32.5. The molecular weight excluding hydrogens is 695 g/mol. The molecule has 0 heterocycles. The van der Waals surface area contributed by atoms with Crippen LogP contribution in [-0.4, -0.2) is 65.7 Å². The van der Waals surface area contributed by atoms with Crippen LogP contribution >= 0.6 is 7.82 Å². The molecule has 0 saturated heterocycles. The van der Waals surface area contributed by atoms with Gasteiger partial charge in [0.05, 0.1) is 19.8 Å². The van der Waals surface area contributed by atoms with Crippen molar-refractivity contribution in [1.29, 1.82) is 0 Å².